The molecule has 1 aromatic carbocycles. The Labute approximate surface area is 93.7 Å². The summed E-state index contributed by atoms with van der Waals surface area (Å²) in [4.78, 5) is 0. The monoisotopic (exact) mass is 221 g/mol. The van der Waals surface area contributed by atoms with Crippen LogP contribution in [-0.2, 0) is 12.4 Å². The average molecular weight is 222 g/mol. The van der Waals surface area contributed by atoms with Crippen molar-refractivity contribution in [1.29, 1.82) is 0 Å². The zero-order valence-corrected chi connectivity index (χ0v) is 9.28. The molecule has 2 aromatic rings. The number of alkyl halides is 1. The molecule has 1 heterocycles. The van der Waals surface area contributed by atoms with Crippen LogP contribution < -0.4 is 0 Å². The lowest BCUT2D eigenvalue weighted by Gasteiger charge is -2.05. The quantitative estimate of drug-likeness (QED) is 0.747. The van der Waals surface area contributed by atoms with E-state index in [0.717, 1.165) is 23.8 Å². The van der Waals surface area contributed by atoms with Crippen molar-refractivity contribution in [3.8, 4) is 11.4 Å². The largest absolute Gasteiger partial charge is 0.310 e. The molecule has 15 heavy (non-hydrogen) atoms. The number of aromatic nitrogens is 3. The number of hydrogen-bond donors (Lipinski definition) is 0. The van der Waals surface area contributed by atoms with Crippen LogP contribution in [-0.4, -0.2) is 14.8 Å². The summed E-state index contributed by atoms with van der Waals surface area (Å²) in [6.45, 7) is 2.89. The highest BCUT2D eigenvalue weighted by atomic mass is 35.5. The van der Waals surface area contributed by atoms with E-state index in [9.17, 15) is 0 Å². The maximum absolute atomic E-state index is 5.79. The Balaban J connectivity index is 2.49. The van der Waals surface area contributed by atoms with Gasteiger partial charge in [-0.25, -0.2) is 0 Å². The van der Waals surface area contributed by atoms with Crippen molar-refractivity contribution in [1.82, 2.24) is 14.8 Å². The highest BCUT2D eigenvalue weighted by Gasteiger charge is 2.10. The van der Waals surface area contributed by atoms with Gasteiger partial charge in [0, 0.05) is 12.1 Å². The maximum atomic E-state index is 5.79. The molecule has 2 rings (SSSR count). The van der Waals surface area contributed by atoms with Gasteiger partial charge in [-0.2, -0.15) is 0 Å². The second kappa shape index (κ2) is 4.45. The Hall–Kier alpha value is -1.35. The molecule has 0 bridgehead atoms. The van der Waals surface area contributed by atoms with Crippen LogP contribution in [0.25, 0.3) is 11.4 Å². The molecule has 0 N–H and O–H groups in total. The second-order valence-electron chi connectivity index (χ2n) is 3.18. The smallest absolute Gasteiger partial charge is 0.163 e. The van der Waals surface area contributed by atoms with Gasteiger partial charge >= 0.3 is 0 Å². The lowest BCUT2D eigenvalue weighted by molar-refractivity contribution is 0.731. The van der Waals surface area contributed by atoms with Gasteiger partial charge in [0.2, 0.25) is 0 Å². The van der Waals surface area contributed by atoms with Crippen LogP contribution in [0.4, 0.5) is 0 Å². The molecule has 0 unspecified atom stereocenters. The number of nitrogens with zero attached hydrogens (tertiary/aromatic N) is 3. The van der Waals surface area contributed by atoms with Crippen molar-refractivity contribution in [2.24, 2.45) is 0 Å². The van der Waals surface area contributed by atoms with Crippen LogP contribution in [0, 0.1) is 0 Å². The van der Waals surface area contributed by atoms with Gasteiger partial charge in [-0.3, -0.25) is 0 Å². The molecule has 1 aromatic heterocycles. The number of benzene rings is 1. The van der Waals surface area contributed by atoms with E-state index in [1.807, 2.05) is 34.9 Å². The van der Waals surface area contributed by atoms with Crippen molar-refractivity contribution in [2.45, 2.75) is 19.3 Å². The van der Waals surface area contributed by atoms with Gasteiger partial charge in [-0.15, -0.1) is 21.8 Å². The fraction of sp³-hybridized carbons (Fsp3) is 0.273. The molecular weight excluding hydrogens is 210 g/mol. The standard InChI is InChI=1S/C11H12ClN3/c1-2-15-10(8-12)13-14-11(15)9-6-4-3-5-7-9/h3-7H,2,8H2,1H3. The van der Waals surface area contributed by atoms with Crippen molar-refractivity contribution >= 4 is 11.6 Å². The van der Waals surface area contributed by atoms with E-state index in [2.05, 4.69) is 17.1 Å². The first-order valence-corrected chi connectivity index (χ1v) is 5.43. The summed E-state index contributed by atoms with van der Waals surface area (Å²) in [7, 11) is 0. The van der Waals surface area contributed by atoms with Crippen LogP contribution in [0.15, 0.2) is 30.3 Å². The van der Waals surface area contributed by atoms with Crippen LogP contribution in [0.2, 0.25) is 0 Å². The summed E-state index contributed by atoms with van der Waals surface area (Å²) in [5.74, 6) is 2.10. The maximum Gasteiger partial charge on any atom is 0.163 e. The van der Waals surface area contributed by atoms with E-state index in [0.29, 0.717) is 5.88 Å². The average Bonchev–Trinajstić information content (AvgIpc) is 2.72. The third-order valence-electron chi connectivity index (χ3n) is 2.30. The third kappa shape index (κ3) is 1.88. The van der Waals surface area contributed by atoms with E-state index in [1.165, 1.54) is 0 Å². The van der Waals surface area contributed by atoms with E-state index >= 15 is 0 Å². The molecule has 0 fully saturated rings. The second-order valence-corrected chi connectivity index (χ2v) is 3.45. The Bertz CT molecular complexity index is 436. The Morgan fingerprint density at radius 3 is 2.53 bits per heavy atom. The third-order valence-corrected chi connectivity index (χ3v) is 2.53. The molecular formula is C11H12ClN3. The topological polar surface area (TPSA) is 30.7 Å². The van der Waals surface area contributed by atoms with Gasteiger partial charge in [-0.1, -0.05) is 30.3 Å². The van der Waals surface area contributed by atoms with Gasteiger partial charge in [0.25, 0.3) is 0 Å². The Morgan fingerprint density at radius 2 is 1.93 bits per heavy atom. The molecule has 78 valence electrons. The van der Waals surface area contributed by atoms with Crippen LogP contribution in [0.5, 0.6) is 0 Å². The summed E-state index contributed by atoms with van der Waals surface area (Å²) >= 11 is 5.79. The highest BCUT2D eigenvalue weighted by Crippen LogP contribution is 2.18. The molecule has 4 heteroatoms. The minimum absolute atomic E-state index is 0.397. The van der Waals surface area contributed by atoms with Crippen molar-refractivity contribution in [3.05, 3.63) is 36.2 Å². The molecule has 3 nitrogen and oxygen atoms in total. The first-order valence-electron chi connectivity index (χ1n) is 4.90. The van der Waals surface area contributed by atoms with Gasteiger partial charge in [0.1, 0.15) is 5.82 Å². The van der Waals surface area contributed by atoms with Crippen molar-refractivity contribution in [2.75, 3.05) is 0 Å². The lowest BCUT2D eigenvalue weighted by atomic mass is 10.2. The highest BCUT2D eigenvalue weighted by molar-refractivity contribution is 6.16. The zero-order chi connectivity index (χ0) is 10.7. The van der Waals surface area contributed by atoms with Gasteiger partial charge < -0.3 is 4.57 Å². The molecule has 0 atom stereocenters. The first-order chi connectivity index (χ1) is 7.36. The van der Waals surface area contributed by atoms with E-state index in [4.69, 9.17) is 11.6 Å². The fourth-order valence-electron chi connectivity index (χ4n) is 1.57. The fourth-order valence-corrected chi connectivity index (χ4v) is 1.76. The summed E-state index contributed by atoms with van der Waals surface area (Å²) in [6.07, 6.45) is 0. The predicted octanol–water partition coefficient (Wildman–Crippen LogP) is 2.70. The minimum Gasteiger partial charge on any atom is -0.310 e. The lowest BCUT2D eigenvalue weighted by Crippen LogP contribution is -2.01. The van der Waals surface area contributed by atoms with Crippen LogP contribution in [0.3, 0.4) is 0 Å². The minimum atomic E-state index is 0.397. The first kappa shape index (κ1) is 10.2. The number of hydrogen-bond acceptors (Lipinski definition) is 2. The van der Waals surface area contributed by atoms with Gasteiger partial charge in [0.15, 0.2) is 5.82 Å². The SMILES string of the molecule is CCn1c(CCl)nnc1-c1ccccc1. The van der Waals surface area contributed by atoms with Gasteiger partial charge in [0.05, 0.1) is 5.88 Å². The molecule has 0 saturated carbocycles. The molecule has 0 aliphatic carbocycles. The summed E-state index contributed by atoms with van der Waals surface area (Å²) in [6, 6.07) is 10.0. The van der Waals surface area contributed by atoms with E-state index in [-0.39, 0.29) is 0 Å². The van der Waals surface area contributed by atoms with Crippen LogP contribution in [0.1, 0.15) is 12.7 Å². The molecule has 0 spiro atoms. The Kier molecular flexibility index (Phi) is 3.02. The molecule has 0 aliphatic rings. The summed E-state index contributed by atoms with van der Waals surface area (Å²) < 4.78 is 2.03. The van der Waals surface area contributed by atoms with E-state index < -0.39 is 0 Å². The number of halogens is 1. The molecule has 0 radical (unpaired) electrons. The normalized spacial score (nSPS) is 10.5. The zero-order valence-electron chi connectivity index (χ0n) is 8.52. The van der Waals surface area contributed by atoms with E-state index in [1.54, 1.807) is 0 Å². The molecule has 0 aliphatic heterocycles. The molecule has 0 saturated heterocycles. The van der Waals surface area contributed by atoms with Crippen LogP contribution >= 0.6 is 11.6 Å². The summed E-state index contributed by atoms with van der Waals surface area (Å²) in [5.41, 5.74) is 1.07. The number of rotatable bonds is 3. The predicted molar refractivity (Wildman–Crippen MR) is 60.7 cm³/mol. The van der Waals surface area contributed by atoms with Crippen molar-refractivity contribution in [3.63, 3.8) is 0 Å². The van der Waals surface area contributed by atoms with Gasteiger partial charge in [-0.05, 0) is 6.92 Å². The molecule has 0 amide bonds. The Morgan fingerprint density at radius 1 is 1.20 bits per heavy atom. The summed E-state index contributed by atoms with van der Waals surface area (Å²) in [5, 5.41) is 8.22. The van der Waals surface area contributed by atoms with Crippen molar-refractivity contribution < 1.29 is 0 Å².